The Hall–Kier alpha value is -1.35. The Labute approximate surface area is 90.6 Å². The van der Waals surface area contributed by atoms with Crippen molar-refractivity contribution in [3.63, 3.8) is 0 Å². The highest BCUT2D eigenvalue weighted by atomic mass is 32.1. The molecule has 0 fully saturated rings. The van der Waals surface area contributed by atoms with Gasteiger partial charge in [-0.1, -0.05) is 18.2 Å². The van der Waals surface area contributed by atoms with Crippen LogP contribution in [0.3, 0.4) is 0 Å². The van der Waals surface area contributed by atoms with Gasteiger partial charge in [-0.15, -0.1) is 0 Å². The van der Waals surface area contributed by atoms with Gasteiger partial charge < -0.3 is 9.52 Å². The molecule has 0 saturated carbocycles. The molecule has 1 N–H and O–H groups in total. The van der Waals surface area contributed by atoms with Crippen molar-refractivity contribution >= 4 is 13.5 Å². The molecular formula is C11H14O2S. The summed E-state index contributed by atoms with van der Waals surface area (Å²) in [5.41, 5.74) is 0.924. The average Bonchev–Trinajstić information content (AvgIpc) is 2.68. The summed E-state index contributed by atoms with van der Waals surface area (Å²) in [6.07, 6.45) is 3.25. The fraction of sp³-hybridized carbons (Fsp3) is 0.0909. The number of para-hydroxylation sites is 1. The molecule has 0 aliphatic heterocycles. The zero-order valence-corrected chi connectivity index (χ0v) is 8.97. The Morgan fingerprint density at radius 1 is 1.00 bits per heavy atom. The van der Waals surface area contributed by atoms with Crippen LogP contribution in [0.1, 0.15) is 5.56 Å². The number of hydrogen-bond donors (Lipinski definition) is 1. The topological polar surface area (TPSA) is 33.4 Å². The predicted octanol–water partition coefficient (Wildman–Crippen LogP) is 3.09. The highest BCUT2D eigenvalue weighted by Crippen LogP contribution is 2.12. The van der Waals surface area contributed by atoms with Crippen LogP contribution in [0, 0.1) is 6.92 Å². The SMILES string of the molecule is Cc1ccccc1O.S.c1ccoc1. The Morgan fingerprint density at radius 3 is 1.86 bits per heavy atom. The summed E-state index contributed by atoms with van der Waals surface area (Å²) in [5.74, 6) is 0.368. The van der Waals surface area contributed by atoms with Gasteiger partial charge in [0.15, 0.2) is 0 Å². The molecule has 1 aromatic heterocycles. The zero-order valence-electron chi connectivity index (χ0n) is 7.97. The molecule has 76 valence electrons. The van der Waals surface area contributed by atoms with Crippen LogP contribution in [-0.2, 0) is 0 Å². The van der Waals surface area contributed by atoms with E-state index in [1.165, 1.54) is 0 Å². The van der Waals surface area contributed by atoms with Gasteiger partial charge in [-0.3, -0.25) is 0 Å². The first-order chi connectivity index (χ1) is 6.30. The van der Waals surface area contributed by atoms with E-state index < -0.39 is 0 Å². The van der Waals surface area contributed by atoms with Gasteiger partial charge in [0.1, 0.15) is 5.75 Å². The molecule has 2 aromatic rings. The van der Waals surface area contributed by atoms with Crippen LogP contribution < -0.4 is 0 Å². The lowest BCUT2D eigenvalue weighted by molar-refractivity contribution is 0.471. The normalized spacial score (nSPS) is 8.07. The van der Waals surface area contributed by atoms with E-state index in [9.17, 15) is 0 Å². The second kappa shape index (κ2) is 7.09. The van der Waals surface area contributed by atoms with E-state index in [0.717, 1.165) is 5.56 Å². The molecule has 1 heterocycles. The second-order valence-corrected chi connectivity index (χ2v) is 2.58. The first kappa shape index (κ1) is 12.7. The van der Waals surface area contributed by atoms with Gasteiger partial charge in [-0.2, -0.15) is 13.5 Å². The van der Waals surface area contributed by atoms with Gasteiger partial charge in [0.25, 0.3) is 0 Å². The molecule has 14 heavy (non-hydrogen) atoms. The molecule has 0 aliphatic carbocycles. The largest absolute Gasteiger partial charge is 0.508 e. The first-order valence-corrected chi connectivity index (χ1v) is 4.02. The maximum absolute atomic E-state index is 8.92. The fourth-order valence-electron chi connectivity index (χ4n) is 0.790. The van der Waals surface area contributed by atoms with Crippen molar-refractivity contribution in [3.8, 4) is 5.75 Å². The smallest absolute Gasteiger partial charge is 0.118 e. The molecule has 0 amide bonds. The zero-order chi connectivity index (χ0) is 9.52. The van der Waals surface area contributed by atoms with E-state index in [2.05, 4.69) is 4.42 Å². The number of aromatic hydroxyl groups is 1. The molecule has 2 rings (SSSR count). The van der Waals surface area contributed by atoms with Crippen LogP contribution in [0.25, 0.3) is 0 Å². The van der Waals surface area contributed by atoms with Gasteiger partial charge >= 0.3 is 0 Å². The minimum absolute atomic E-state index is 0. The standard InChI is InChI=1S/C7H8O.C4H4O.H2S/c1-6-4-2-3-5-7(6)8;1-2-4-5-3-1;/h2-5,8H,1H3;1-4H;1H2. The van der Waals surface area contributed by atoms with Gasteiger partial charge in [-0.05, 0) is 30.7 Å². The Kier molecular flexibility index (Phi) is 6.41. The molecule has 3 heteroatoms. The Morgan fingerprint density at radius 2 is 1.57 bits per heavy atom. The fourth-order valence-corrected chi connectivity index (χ4v) is 0.790. The van der Waals surface area contributed by atoms with E-state index in [-0.39, 0.29) is 13.5 Å². The minimum atomic E-state index is 0. The van der Waals surface area contributed by atoms with Crippen molar-refractivity contribution in [2.75, 3.05) is 0 Å². The third kappa shape index (κ3) is 4.62. The highest BCUT2D eigenvalue weighted by molar-refractivity contribution is 7.59. The molecule has 0 bridgehead atoms. The quantitative estimate of drug-likeness (QED) is 0.725. The predicted molar refractivity (Wildman–Crippen MR) is 61.9 cm³/mol. The summed E-state index contributed by atoms with van der Waals surface area (Å²) < 4.78 is 4.58. The van der Waals surface area contributed by atoms with E-state index >= 15 is 0 Å². The van der Waals surface area contributed by atoms with Gasteiger partial charge in [0.2, 0.25) is 0 Å². The third-order valence-corrected chi connectivity index (χ3v) is 1.54. The molecule has 0 radical (unpaired) electrons. The summed E-state index contributed by atoms with van der Waals surface area (Å²) in [4.78, 5) is 0. The Balaban J connectivity index is 0.000000246. The van der Waals surface area contributed by atoms with Gasteiger partial charge in [-0.25, -0.2) is 0 Å². The van der Waals surface area contributed by atoms with Crippen molar-refractivity contribution in [1.29, 1.82) is 0 Å². The highest BCUT2D eigenvalue weighted by Gasteiger charge is 1.86. The van der Waals surface area contributed by atoms with E-state index in [0.29, 0.717) is 5.75 Å². The number of aryl methyl sites for hydroxylation is 1. The lowest BCUT2D eigenvalue weighted by atomic mass is 10.2. The van der Waals surface area contributed by atoms with E-state index in [1.54, 1.807) is 18.6 Å². The molecule has 0 spiro atoms. The van der Waals surface area contributed by atoms with E-state index in [4.69, 9.17) is 5.11 Å². The number of phenols is 1. The molecule has 0 saturated heterocycles. The lowest BCUT2D eigenvalue weighted by Gasteiger charge is -1.92. The first-order valence-electron chi connectivity index (χ1n) is 4.02. The molecule has 1 aromatic carbocycles. The number of hydrogen-bond acceptors (Lipinski definition) is 2. The van der Waals surface area contributed by atoms with Crippen LogP contribution in [0.2, 0.25) is 0 Å². The maximum Gasteiger partial charge on any atom is 0.118 e. The number of rotatable bonds is 0. The van der Waals surface area contributed by atoms with E-state index in [1.807, 2.05) is 37.3 Å². The number of phenolic OH excluding ortho intramolecular Hbond substituents is 1. The van der Waals surface area contributed by atoms with Crippen LogP contribution in [-0.4, -0.2) is 5.11 Å². The van der Waals surface area contributed by atoms with Crippen LogP contribution in [0.5, 0.6) is 5.75 Å². The molecule has 0 aliphatic rings. The molecular weight excluding hydrogens is 196 g/mol. The van der Waals surface area contributed by atoms with Crippen molar-refractivity contribution in [3.05, 3.63) is 54.5 Å². The van der Waals surface area contributed by atoms with Crippen LogP contribution >= 0.6 is 13.5 Å². The lowest BCUT2D eigenvalue weighted by Crippen LogP contribution is -1.68. The van der Waals surface area contributed by atoms with Crippen molar-refractivity contribution < 1.29 is 9.52 Å². The molecule has 0 atom stereocenters. The minimum Gasteiger partial charge on any atom is -0.508 e. The summed E-state index contributed by atoms with van der Waals surface area (Å²) in [6, 6.07) is 10.9. The monoisotopic (exact) mass is 210 g/mol. The molecule has 0 unspecified atom stereocenters. The van der Waals surface area contributed by atoms with Gasteiger partial charge in [0.05, 0.1) is 12.5 Å². The summed E-state index contributed by atoms with van der Waals surface area (Å²) in [7, 11) is 0. The third-order valence-electron chi connectivity index (χ3n) is 1.54. The summed E-state index contributed by atoms with van der Waals surface area (Å²) in [5, 5.41) is 8.92. The summed E-state index contributed by atoms with van der Waals surface area (Å²) in [6.45, 7) is 1.87. The van der Waals surface area contributed by atoms with Crippen LogP contribution in [0.4, 0.5) is 0 Å². The van der Waals surface area contributed by atoms with Crippen molar-refractivity contribution in [1.82, 2.24) is 0 Å². The number of furan rings is 1. The van der Waals surface area contributed by atoms with Crippen molar-refractivity contribution in [2.45, 2.75) is 6.92 Å². The maximum atomic E-state index is 8.92. The second-order valence-electron chi connectivity index (χ2n) is 2.58. The van der Waals surface area contributed by atoms with Gasteiger partial charge in [0, 0.05) is 0 Å². The molecule has 2 nitrogen and oxygen atoms in total. The van der Waals surface area contributed by atoms with Crippen LogP contribution in [0.15, 0.2) is 53.3 Å². The summed E-state index contributed by atoms with van der Waals surface area (Å²) >= 11 is 0. The number of benzene rings is 1. The average molecular weight is 210 g/mol. The Bertz CT molecular complexity index is 293. The van der Waals surface area contributed by atoms with Crippen molar-refractivity contribution in [2.24, 2.45) is 0 Å².